The van der Waals surface area contributed by atoms with Crippen molar-refractivity contribution < 1.29 is 15.0 Å². The highest BCUT2D eigenvalue weighted by molar-refractivity contribution is 7.99. The van der Waals surface area contributed by atoms with E-state index >= 15 is 0 Å². The van der Waals surface area contributed by atoms with Gasteiger partial charge in [0.2, 0.25) is 0 Å². The molecule has 2 N–H and O–H groups in total. The van der Waals surface area contributed by atoms with E-state index in [1.807, 2.05) is 43.8 Å². The number of aromatic nitrogens is 1. The molecule has 4 nitrogen and oxygen atoms in total. The summed E-state index contributed by atoms with van der Waals surface area (Å²) in [6, 6.07) is 14.6. The van der Waals surface area contributed by atoms with E-state index in [0.29, 0.717) is 0 Å². The fourth-order valence-electron chi connectivity index (χ4n) is 5.08. The molecule has 0 bridgehead atoms. The summed E-state index contributed by atoms with van der Waals surface area (Å²) >= 11 is 9.76. The lowest BCUT2D eigenvalue weighted by atomic mass is 9.83. The van der Waals surface area contributed by atoms with E-state index in [0.717, 1.165) is 80.0 Å². The minimum Gasteiger partial charge on any atom is -0.481 e. The molecule has 7 heteroatoms. The van der Waals surface area contributed by atoms with Crippen molar-refractivity contribution in [1.82, 2.24) is 4.98 Å². The van der Waals surface area contributed by atoms with Gasteiger partial charge in [-0.15, -0.1) is 11.3 Å². The molecule has 0 radical (unpaired) electrons. The summed E-state index contributed by atoms with van der Waals surface area (Å²) < 4.78 is 0.738. The molecule has 4 rings (SSSR count). The second-order valence-electron chi connectivity index (χ2n) is 11.4. The number of thiazole rings is 1. The third-order valence-corrected chi connectivity index (χ3v) is 9.86. The van der Waals surface area contributed by atoms with Crippen LogP contribution in [0.1, 0.15) is 86.7 Å². The van der Waals surface area contributed by atoms with Crippen molar-refractivity contribution in [3.8, 4) is 11.1 Å². The van der Waals surface area contributed by atoms with Crippen LogP contribution in [-0.4, -0.2) is 32.7 Å². The summed E-state index contributed by atoms with van der Waals surface area (Å²) in [7, 11) is 0. The highest BCUT2D eigenvalue weighted by Crippen LogP contribution is 2.51. The van der Waals surface area contributed by atoms with E-state index in [-0.39, 0.29) is 17.8 Å². The Hall–Kier alpha value is -2.12. The topological polar surface area (TPSA) is 70.4 Å². The van der Waals surface area contributed by atoms with Crippen LogP contribution in [0.5, 0.6) is 0 Å². The molecule has 1 aliphatic rings. The number of aryl methyl sites for hydroxylation is 1. The predicted molar refractivity (Wildman–Crippen MR) is 167 cm³/mol. The number of carboxylic acids is 1. The molecule has 1 aliphatic carbocycles. The molecule has 3 aromatic rings. The van der Waals surface area contributed by atoms with Gasteiger partial charge >= 0.3 is 5.97 Å². The van der Waals surface area contributed by atoms with Crippen LogP contribution >= 0.6 is 34.7 Å². The Morgan fingerprint density at radius 3 is 2.51 bits per heavy atom. The van der Waals surface area contributed by atoms with Crippen molar-refractivity contribution in [3.05, 3.63) is 74.2 Å². The summed E-state index contributed by atoms with van der Waals surface area (Å²) in [5.74, 6) is 1.48. The van der Waals surface area contributed by atoms with Gasteiger partial charge in [0, 0.05) is 0 Å². The van der Waals surface area contributed by atoms with E-state index < -0.39 is 11.6 Å². The first-order valence-corrected chi connectivity index (χ1v) is 15.9. The van der Waals surface area contributed by atoms with Gasteiger partial charge in [0.15, 0.2) is 0 Å². The SMILES string of the molecule is CC(C)c1nc(C=Cc2ccccc2-c2cccc(CCCSCC3(CC(=O)O)CC3)c2C(C)(C)O)sc1Cl. The molecule has 1 saturated carbocycles. The molecule has 0 saturated heterocycles. The molecule has 0 aliphatic heterocycles. The monoisotopic (exact) mass is 583 g/mol. The Bertz CT molecular complexity index is 1340. The number of rotatable bonds is 13. The zero-order chi connectivity index (χ0) is 28.2. The van der Waals surface area contributed by atoms with Gasteiger partial charge in [-0.25, -0.2) is 4.98 Å². The van der Waals surface area contributed by atoms with Gasteiger partial charge in [0.05, 0.1) is 17.7 Å². The number of benzene rings is 2. The first-order chi connectivity index (χ1) is 18.5. The minimum atomic E-state index is -1.01. The maximum Gasteiger partial charge on any atom is 0.303 e. The van der Waals surface area contributed by atoms with Crippen LogP contribution < -0.4 is 0 Å². The molecule has 0 atom stereocenters. The number of aliphatic hydroxyl groups is 1. The van der Waals surface area contributed by atoms with E-state index in [1.54, 1.807) is 0 Å². The number of thioether (sulfide) groups is 1. The van der Waals surface area contributed by atoms with E-state index in [1.165, 1.54) is 11.3 Å². The molecule has 1 aromatic heterocycles. The lowest BCUT2D eigenvalue weighted by Gasteiger charge is -2.26. The molecule has 39 heavy (non-hydrogen) atoms. The molecule has 1 fully saturated rings. The smallest absolute Gasteiger partial charge is 0.303 e. The normalized spacial score (nSPS) is 14.8. The molecule has 0 amide bonds. The molecule has 208 valence electrons. The largest absolute Gasteiger partial charge is 0.481 e. The second-order valence-corrected chi connectivity index (χ2v) is 14.1. The predicted octanol–water partition coefficient (Wildman–Crippen LogP) is 8.91. The Kier molecular flexibility index (Phi) is 9.64. The van der Waals surface area contributed by atoms with Crippen LogP contribution in [0.2, 0.25) is 4.34 Å². The second kappa shape index (κ2) is 12.6. The van der Waals surface area contributed by atoms with E-state index in [9.17, 15) is 9.90 Å². The van der Waals surface area contributed by atoms with Crippen molar-refractivity contribution in [1.29, 1.82) is 0 Å². The molecule has 1 heterocycles. The number of aliphatic carboxylic acids is 1. The first kappa shape index (κ1) is 29.9. The average molecular weight is 584 g/mol. The maximum absolute atomic E-state index is 11.3. The first-order valence-electron chi connectivity index (χ1n) is 13.6. The maximum atomic E-state index is 11.3. The summed E-state index contributed by atoms with van der Waals surface area (Å²) in [5, 5.41) is 21.3. The van der Waals surface area contributed by atoms with Crippen molar-refractivity contribution in [2.75, 3.05) is 11.5 Å². The van der Waals surface area contributed by atoms with Gasteiger partial charge in [0.1, 0.15) is 9.34 Å². The number of carbonyl (C=O) groups is 1. The van der Waals surface area contributed by atoms with Gasteiger partial charge in [-0.1, -0.05) is 74.0 Å². The van der Waals surface area contributed by atoms with Crippen molar-refractivity contribution in [2.45, 2.75) is 71.3 Å². The standard InChI is InChI=1S/C32H38ClNO3S2/c1-21(2)29-30(33)39-26(34-29)15-14-22-9-5-6-12-24(22)25-13-7-10-23(28(25)31(3,4)37)11-8-18-38-20-32(16-17-32)19-27(35)36/h5-7,9-10,12-15,21,37H,8,11,16-20H2,1-4H3,(H,35,36). The highest BCUT2D eigenvalue weighted by Gasteiger charge is 2.43. The van der Waals surface area contributed by atoms with Crippen molar-refractivity contribution >= 4 is 52.8 Å². The Labute approximate surface area is 245 Å². The van der Waals surface area contributed by atoms with Gasteiger partial charge in [0.25, 0.3) is 0 Å². The third kappa shape index (κ3) is 7.75. The number of halogens is 1. The lowest BCUT2D eigenvalue weighted by molar-refractivity contribution is -0.138. The van der Waals surface area contributed by atoms with Crippen molar-refractivity contribution in [3.63, 3.8) is 0 Å². The lowest BCUT2D eigenvalue weighted by Crippen LogP contribution is -2.20. The summed E-state index contributed by atoms with van der Waals surface area (Å²) in [6.45, 7) is 7.90. The van der Waals surface area contributed by atoms with Crippen LogP contribution in [0, 0.1) is 5.41 Å². The summed E-state index contributed by atoms with van der Waals surface area (Å²) in [6.07, 6.45) is 8.27. The minimum absolute atomic E-state index is 0.0201. The van der Waals surface area contributed by atoms with E-state index in [2.05, 4.69) is 50.3 Å². The van der Waals surface area contributed by atoms with Crippen LogP contribution in [0.3, 0.4) is 0 Å². The molecule has 0 spiro atoms. The molecular formula is C32H38ClNO3S2. The molecule has 0 unspecified atom stereocenters. The summed E-state index contributed by atoms with van der Waals surface area (Å²) in [5.41, 5.74) is 5.21. The quantitative estimate of drug-likeness (QED) is 0.197. The van der Waals surface area contributed by atoms with Crippen LogP contribution in [0.15, 0.2) is 42.5 Å². The highest BCUT2D eigenvalue weighted by atomic mass is 35.5. The fourth-order valence-corrected chi connectivity index (χ4v) is 7.75. The zero-order valence-electron chi connectivity index (χ0n) is 23.2. The van der Waals surface area contributed by atoms with E-state index in [4.69, 9.17) is 21.7 Å². The molecular weight excluding hydrogens is 546 g/mol. The van der Waals surface area contributed by atoms with Crippen LogP contribution in [0.25, 0.3) is 23.3 Å². The fraction of sp³-hybridized carbons (Fsp3) is 0.438. The Morgan fingerprint density at radius 2 is 1.87 bits per heavy atom. The number of hydrogen-bond donors (Lipinski definition) is 2. The Morgan fingerprint density at radius 1 is 1.15 bits per heavy atom. The Balaban J connectivity index is 1.54. The third-order valence-electron chi connectivity index (χ3n) is 7.22. The van der Waals surface area contributed by atoms with Crippen LogP contribution in [0.4, 0.5) is 0 Å². The van der Waals surface area contributed by atoms with Gasteiger partial charge in [-0.2, -0.15) is 11.8 Å². The van der Waals surface area contributed by atoms with Gasteiger partial charge < -0.3 is 10.2 Å². The average Bonchev–Trinajstić information content (AvgIpc) is 3.51. The number of hydrogen-bond acceptors (Lipinski definition) is 5. The van der Waals surface area contributed by atoms with Gasteiger partial charge in [-0.05, 0) is 96.3 Å². The molecule has 2 aromatic carbocycles. The van der Waals surface area contributed by atoms with Gasteiger partial charge in [-0.3, -0.25) is 4.79 Å². The summed E-state index contributed by atoms with van der Waals surface area (Å²) in [4.78, 5) is 15.8. The van der Waals surface area contributed by atoms with Crippen LogP contribution in [-0.2, 0) is 16.8 Å². The number of carboxylic acid groups (broad SMARTS) is 1. The van der Waals surface area contributed by atoms with Crippen molar-refractivity contribution in [2.24, 2.45) is 5.41 Å². The zero-order valence-corrected chi connectivity index (χ0v) is 25.6. The number of nitrogens with zero attached hydrogens (tertiary/aromatic N) is 1.